The summed E-state index contributed by atoms with van der Waals surface area (Å²) in [6, 6.07) is 1.82. The monoisotopic (exact) mass is 236 g/mol. The Labute approximate surface area is 87.1 Å². The molecule has 0 saturated heterocycles. The van der Waals surface area contributed by atoms with E-state index in [0.29, 0.717) is 15.9 Å². The van der Waals surface area contributed by atoms with E-state index in [-0.39, 0.29) is 0 Å². The van der Waals surface area contributed by atoms with Crippen LogP contribution in [-0.4, -0.2) is 8.75 Å². The minimum Gasteiger partial charge on any atom is -0.170 e. The second-order valence-electron chi connectivity index (χ2n) is 2.00. The Morgan fingerprint density at radius 2 is 2.08 bits per heavy atom. The highest BCUT2D eigenvalue weighted by atomic mass is 35.5. The lowest BCUT2D eigenvalue weighted by Gasteiger charge is -1.90. The molecule has 2 heterocycles. The van der Waals surface area contributed by atoms with E-state index in [1.807, 2.05) is 11.4 Å². The summed E-state index contributed by atoms with van der Waals surface area (Å²) in [7, 11) is 0. The first-order valence-corrected chi connectivity index (χ1v) is 5.37. The van der Waals surface area contributed by atoms with Crippen LogP contribution in [0.5, 0.6) is 0 Å². The summed E-state index contributed by atoms with van der Waals surface area (Å²) in [6.45, 7) is 0. The molecule has 12 heavy (non-hydrogen) atoms. The lowest BCUT2D eigenvalue weighted by atomic mass is 10.4. The second kappa shape index (κ2) is 3.30. The van der Waals surface area contributed by atoms with Gasteiger partial charge in [0, 0.05) is 0 Å². The number of thiophene rings is 1. The fraction of sp³-hybridized carbons (Fsp3) is 0. The summed E-state index contributed by atoms with van der Waals surface area (Å²) in [6.07, 6.45) is 0. The van der Waals surface area contributed by atoms with Gasteiger partial charge < -0.3 is 0 Å². The van der Waals surface area contributed by atoms with Gasteiger partial charge in [-0.05, 0) is 11.4 Å². The molecule has 0 amide bonds. The predicted octanol–water partition coefficient (Wildman–Crippen LogP) is 3.57. The van der Waals surface area contributed by atoms with Gasteiger partial charge in [-0.3, -0.25) is 0 Å². The van der Waals surface area contributed by atoms with Crippen LogP contribution in [0.3, 0.4) is 0 Å². The first kappa shape index (κ1) is 8.44. The third-order valence-electron chi connectivity index (χ3n) is 1.28. The Morgan fingerprint density at radius 1 is 1.25 bits per heavy atom. The van der Waals surface area contributed by atoms with Gasteiger partial charge in [0.15, 0.2) is 5.15 Å². The Kier molecular flexibility index (Phi) is 2.32. The molecule has 0 aliphatic rings. The van der Waals surface area contributed by atoms with Crippen molar-refractivity contribution < 1.29 is 0 Å². The molecular weight excluding hydrogens is 235 g/mol. The van der Waals surface area contributed by atoms with Gasteiger partial charge in [0.05, 0.1) is 21.6 Å². The quantitative estimate of drug-likeness (QED) is 0.757. The highest BCUT2D eigenvalue weighted by Gasteiger charge is 2.12. The Hall–Kier alpha value is -0.160. The summed E-state index contributed by atoms with van der Waals surface area (Å²) in [5.41, 5.74) is 0.682. The van der Waals surface area contributed by atoms with E-state index in [0.717, 1.165) is 16.6 Å². The average molecular weight is 237 g/mol. The Bertz CT molecular complexity index is 357. The van der Waals surface area contributed by atoms with Crippen molar-refractivity contribution in [2.24, 2.45) is 0 Å². The normalized spacial score (nSPS) is 10.5. The summed E-state index contributed by atoms with van der Waals surface area (Å²) in [4.78, 5) is 0.885. The molecule has 0 aromatic carbocycles. The van der Waals surface area contributed by atoms with Crippen LogP contribution in [0.2, 0.25) is 10.2 Å². The van der Waals surface area contributed by atoms with Gasteiger partial charge in [-0.2, -0.15) is 8.75 Å². The standard InChI is InChI=1S/C6H2Cl2N2S2/c7-3-1-2-11-5(3)4-6(8)10-12-9-4/h1-2H. The van der Waals surface area contributed by atoms with Crippen molar-refractivity contribution in [2.75, 3.05) is 0 Å². The van der Waals surface area contributed by atoms with E-state index in [4.69, 9.17) is 23.2 Å². The molecule has 0 fully saturated rings. The lowest BCUT2D eigenvalue weighted by Crippen LogP contribution is -1.72. The molecule has 0 N–H and O–H groups in total. The molecule has 2 nitrogen and oxygen atoms in total. The predicted molar refractivity (Wildman–Crippen MR) is 53.2 cm³/mol. The van der Waals surface area contributed by atoms with Gasteiger partial charge in [-0.15, -0.1) is 11.3 Å². The van der Waals surface area contributed by atoms with E-state index in [1.54, 1.807) is 0 Å². The molecule has 0 unspecified atom stereocenters. The first-order chi connectivity index (χ1) is 5.79. The van der Waals surface area contributed by atoms with Gasteiger partial charge in [0.25, 0.3) is 0 Å². The second-order valence-corrected chi connectivity index (χ2v) is 4.21. The molecule has 2 rings (SSSR count). The molecule has 62 valence electrons. The van der Waals surface area contributed by atoms with Crippen LogP contribution in [0.1, 0.15) is 0 Å². The molecule has 0 bridgehead atoms. The van der Waals surface area contributed by atoms with Crippen LogP contribution in [0.4, 0.5) is 0 Å². The third-order valence-corrected chi connectivity index (χ3v) is 3.52. The minimum absolute atomic E-state index is 0.421. The molecule has 0 radical (unpaired) electrons. The van der Waals surface area contributed by atoms with Crippen molar-refractivity contribution in [3.8, 4) is 10.6 Å². The molecule has 0 aliphatic heterocycles. The molecule has 6 heteroatoms. The van der Waals surface area contributed by atoms with E-state index >= 15 is 0 Å². The van der Waals surface area contributed by atoms with E-state index in [1.165, 1.54) is 11.3 Å². The van der Waals surface area contributed by atoms with Crippen LogP contribution < -0.4 is 0 Å². The summed E-state index contributed by atoms with van der Waals surface area (Å²) >= 11 is 14.3. The zero-order chi connectivity index (χ0) is 8.55. The van der Waals surface area contributed by atoms with Crippen LogP contribution in [0.15, 0.2) is 11.4 Å². The van der Waals surface area contributed by atoms with Crippen molar-refractivity contribution in [3.05, 3.63) is 21.6 Å². The van der Waals surface area contributed by atoms with Crippen molar-refractivity contribution in [1.29, 1.82) is 0 Å². The van der Waals surface area contributed by atoms with Crippen molar-refractivity contribution in [1.82, 2.24) is 8.75 Å². The van der Waals surface area contributed by atoms with Crippen molar-refractivity contribution in [3.63, 3.8) is 0 Å². The minimum atomic E-state index is 0.421. The van der Waals surface area contributed by atoms with Gasteiger partial charge in [0.1, 0.15) is 5.69 Å². The Morgan fingerprint density at radius 3 is 2.58 bits per heavy atom. The van der Waals surface area contributed by atoms with Crippen LogP contribution in [-0.2, 0) is 0 Å². The summed E-state index contributed by atoms with van der Waals surface area (Å²) in [5.74, 6) is 0. The number of rotatable bonds is 1. The lowest BCUT2D eigenvalue weighted by molar-refractivity contribution is 1.53. The number of nitrogens with zero attached hydrogens (tertiary/aromatic N) is 2. The van der Waals surface area contributed by atoms with Gasteiger partial charge >= 0.3 is 0 Å². The van der Waals surface area contributed by atoms with Gasteiger partial charge in [-0.25, -0.2) is 0 Å². The van der Waals surface area contributed by atoms with E-state index in [2.05, 4.69) is 8.75 Å². The highest BCUT2D eigenvalue weighted by Crippen LogP contribution is 2.35. The maximum Gasteiger partial charge on any atom is 0.171 e. The van der Waals surface area contributed by atoms with Crippen molar-refractivity contribution >= 4 is 46.3 Å². The highest BCUT2D eigenvalue weighted by molar-refractivity contribution is 7.14. The Balaban J connectivity index is 2.57. The van der Waals surface area contributed by atoms with Gasteiger partial charge in [0.2, 0.25) is 0 Å². The van der Waals surface area contributed by atoms with Crippen molar-refractivity contribution in [2.45, 2.75) is 0 Å². The molecular formula is C6H2Cl2N2S2. The number of hydrogen-bond donors (Lipinski definition) is 0. The third kappa shape index (κ3) is 1.35. The van der Waals surface area contributed by atoms with Crippen LogP contribution >= 0.6 is 46.3 Å². The topological polar surface area (TPSA) is 25.8 Å². The van der Waals surface area contributed by atoms with Crippen LogP contribution in [0.25, 0.3) is 10.6 Å². The first-order valence-electron chi connectivity index (χ1n) is 3.00. The number of hydrogen-bond acceptors (Lipinski definition) is 4. The molecule has 2 aromatic heterocycles. The van der Waals surface area contributed by atoms with E-state index in [9.17, 15) is 0 Å². The van der Waals surface area contributed by atoms with Gasteiger partial charge in [-0.1, -0.05) is 23.2 Å². The number of aromatic nitrogens is 2. The SMILES string of the molecule is Clc1ccsc1-c1nsnc1Cl. The maximum atomic E-state index is 5.89. The molecule has 0 spiro atoms. The zero-order valence-electron chi connectivity index (χ0n) is 5.62. The summed E-state index contributed by atoms with van der Waals surface area (Å²) < 4.78 is 7.90. The average Bonchev–Trinajstić information content (AvgIpc) is 2.59. The largest absolute Gasteiger partial charge is 0.171 e. The smallest absolute Gasteiger partial charge is 0.170 e. The number of halogens is 2. The fourth-order valence-corrected chi connectivity index (χ4v) is 2.76. The maximum absolute atomic E-state index is 5.89. The molecule has 0 aliphatic carbocycles. The molecule has 2 aromatic rings. The molecule has 0 atom stereocenters. The fourth-order valence-electron chi connectivity index (χ4n) is 0.776. The van der Waals surface area contributed by atoms with Crippen LogP contribution in [0, 0.1) is 0 Å². The summed E-state index contributed by atoms with van der Waals surface area (Å²) in [5, 5.41) is 2.99. The zero-order valence-corrected chi connectivity index (χ0v) is 8.77. The van der Waals surface area contributed by atoms with E-state index < -0.39 is 0 Å². The molecule has 0 saturated carbocycles.